The zero-order chi connectivity index (χ0) is 20.4. The van der Waals surface area contributed by atoms with Gasteiger partial charge in [0.05, 0.1) is 30.2 Å². The lowest BCUT2D eigenvalue weighted by molar-refractivity contribution is -0.118. The molecule has 0 aromatic heterocycles. The van der Waals surface area contributed by atoms with E-state index in [1.807, 2.05) is 0 Å². The molecule has 7 nitrogen and oxygen atoms in total. The van der Waals surface area contributed by atoms with Crippen molar-refractivity contribution < 1.29 is 19.1 Å². The summed E-state index contributed by atoms with van der Waals surface area (Å²) in [7, 11) is 1.35. The van der Waals surface area contributed by atoms with E-state index in [9.17, 15) is 9.59 Å². The van der Waals surface area contributed by atoms with E-state index in [2.05, 4.69) is 16.6 Å². The first kappa shape index (κ1) is 19.8. The molecule has 4 rings (SSSR count). The minimum atomic E-state index is -0.416. The van der Waals surface area contributed by atoms with E-state index in [4.69, 9.17) is 14.7 Å². The minimum Gasteiger partial charge on any atom is -0.465 e. The third-order valence-electron chi connectivity index (χ3n) is 6.68. The Labute approximate surface area is 171 Å². The van der Waals surface area contributed by atoms with E-state index in [1.165, 1.54) is 7.11 Å². The molecule has 0 bridgehead atoms. The number of methoxy groups -OCH3 is 1. The Balaban J connectivity index is 1.43. The molecular formula is C21H26BN3O4. The highest BCUT2D eigenvalue weighted by molar-refractivity contribution is 6.67. The summed E-state index contributed by atoms with van der Waals surface area (Å²) in [6.07, 6.45) is 5.74. The summed E-state index contributed by atoms with van der Waals surface area (Å²) in [4.78, 5) is 24.8. The molecule has 1 amide bonds. The van der Waals surface area contributed by atoms with Gasteiger partial charge in [0.1, 0.15) is 0 Å². The van der Waals surface area contributed by atoms with E-state index < -0.39 is 5.97 Å². The van der Waals surface area contributed by atoms with Crippen molar-refractivity contribution in [2.24, 2.45) is 11.3 Å². The third-order valence-corrected chi connectivity index (χ3v) is 6.68. The highest BCUT2D eigenvalue weighted by Gasteiger charge is 2.58. The van der Waals surface area contributed by atoms with Crippen LogP contribution in [0.1, 0.15) is 36.0 Å². The van der Waals surface area contributed by atoms with Crippen molar-refractivity contribution in [3.63, 3.8) is 0 Å². The highest BCUT2D eigenvalue weighted by atomic mass is 16.5. The second-order valence-electron chi connectivity index (χ2n) is 8.43. The minimum absolute atomic E-state index is 0.00485. The lowest BCUT2D eigenvalue weighted by Gasteiger charge is -2.27. The summed E-state index contributed by atoms with van der Waals surface area (Å²) in [5.74, 6) is 1.97. The molecule has 3 fully saturated rings. The monoisotopic (exact) mass is 395 g/mol. The maximum absolute atomic E-state index is 12.9. The van der Waals surface area contributed by atoms with Gasteiger partial charge in [-0.1, -0.05) is 25.5 Å². The normalized spacial score (nSPS) is 24.2. The summed E-state index contributed by atoms with van der Waals surface area (Å²) in [5, 5.41) is 15.4. The first-order valence-electron chi connectivity index (χ1n) is 10.3. The zero-order valence-corrected chi connectivity index (χ0v) is 16.7. The second kappa shape index (κ2) is 8.07. The molecule has 1 saturated carbocycles. The van der Waals surface area contributed by atoms with Gasteiger partial charge in [-0.05, 0) is 36.5 Å². The van der Waals surface area contributed by atoms with Crippen LogP contribution >= 0.6 is 0 Å². The molecule has 2 saturated heterocycles. The summed E-state index contributed by atoms with van der Waals surface area (Å²) < 4.78 is 10.3. The standard InChI is InChI=1S/C21H26BN3O4/c1-28-20(27)14-2-3-17(18(10-14)24-12-15-4-9-29-15)25-19(26)16-11-21(16)5-7-22(13-23)8-6-21/h2-3,10,15-16,24H,4-9,11-12H2,1H3,(H,25,26). The van der Waals surface area contributed by atoms with Crippen LogP contribution in [0.4, 0.5) is 11.4 Å². The van der Waals surface area contributed by atoms with Gasteiger partial charge in [0.2, 0.25) is 5.91 Å². The Morgan fingerprint density at radius 3 is 2.72 bits per heavy atom. The number of nitriles is 1. The number of hydrogen-bond donors (Lipinski definition) is 2. The summed E-state index contributed by atoms with van der Waals surface area (Å²) in [6.45, 7) is 1.53. The number of rotatable bonds is 6. The van der Waals surface area contributed by atoms with Gasteiger partial charge in [0, 0.05) is 25.0 Å². The van der Waals surface area contributed by atoms with Crippen LogP contribution in [-0.4, -0.2) is 45.0 Å². The van der Waals surface area contributed by atoms with Crippen molar-refractivity contribution >= 4 is 30.0 Å². The fraction of sp³-hybridized carbons (Fsp3) is 0.571. The number of esters is 1. The van der Waals surface area contributed by atoms with Crippen molar-refractivity contribution in [3.8, 4) is 5.97 Å². The van der Waals surface area contributed by atoms with Gasteiger partial charge in [-0.15, -0.1) is 0 Å². The Bertz CT molecular complexity index is 841. The van der Waals surface area contributed by atoms with Crippen molar-refractivity contribution in [2.75, 3.05) is 30.9 Å². The Hall–Kier alpha value is -2.53. The molecular weight excluding hydrogens is 369 g/mol. The largest absolute Gasteiger partial charge is 0.465 e. The van der Waals surface area contributed by atoms with Crippen molar-refractivity contribution in [3.05, 3.63) is 23.8 Å². The number of hydrogen-bond acceptors (Lipinski definition) is 6. The topological polar surface area (TPSA) is 100 Å². The first-order valence-corrected chi connectivity index (χ1v) is 10.3. The quantitative estimate of drug-likeness (QED) is 0.568. The first-order chi connectivity index (χ1) is 14.0. The SMILES string of the molecule is COC(=O)c1ccc(NC(=O)C2CC23CCB(C#N)CC3)c(NCC2CCO2)c1. The summed E-state index contributed by atoms with van der Waals surface area (Å²) in [5.41, 5.74) is 1.87. The van der Waals surface area contributed by atoms with Crippen LogP contribution < -0.4 is 10.6 Å². The van der Waals surface area contributed by atoms with Crippen molar-refractivity contribution in [1.82, 2.24) is 0 Å². The van der Waals surface area contributed by atoms with Gasteiger partial charge in [-0.25, -0.2) is 10.1 Å². The van der Waals surface area contributed by atoms with Crippen molar-refractivity contribution in [1.29, 1.82) is 5.26 Å². The molecule has 1 spiro atoms. The molecule has 2 N–H and O–H groups in total. The molecule has 1 aliphatic carbocycles. The van der Waals surface area contributed by atoms with Crippen LogP contribution in [0.2, 0.25) is 12.6 Å². The van der Waals surface area contributed by atoms with Crippen LogP contribution in [0, 0.1) is 22.6 Å². The molecule has 3 aliphatic rings. The van der Waals surface area contributed by atoms with Gasteiger partial charge < -0.3 is 20.1 Å². The third kappa shape index (κ3) is 4.11. The molecule has 1 aromatic rings. The van der Waals surface area contributed by atoms with E-state index in [1.54, 1.807) is 18.2 Å². The molecule has 8 heteroatoms. The molecule has 29 heavy (non-hydrogen) atoms. The van der Waals surface area contributed by atoms with Crippen molar-refractivity contribution in [2.45, 2.75) is 44.4 Å². The van der Waals surface area contributed by atoms with Crippen LogP contribution in [0.3, 0.4) is 0 Å². The van der Waals surface area contributed by atoms with Gasteiger partial charge in [0.15, 0.2) is 0 Å². The van der Waals surface area contributed by atoms with Gasteiger partial charge in [0.25, 0.3) is 6.71 Å². The lowest BCUT2D eigenvalue weighted by Crippen LogP contribution is -2.33. The van der Waals surface area contributed by atoms with E-state index >= 15 is 0 Å². The van der Waals surface area contributed by atoms with Gasteiger partial charge >= 0.3 is 5.97 Å². The van der Waals surface area contributed by atoms with Crippen LogP contribution in [0.5, 0.6) is 0 Å². The van der Waals surface area contributed by atoms with E-state index in [-0.39, 0.29) is 30.1 Å². The van der Waals surface area contributed by atoms with Crippen LogP contribution in [-0.2, 0) is 14.3 Å². The molecule has 0 radical (unpaired) electrons. The molecule has 2 atom stereocenters. The average Bonchev–Trinajstić information content (AvgIpc) is 3.41. The molecule has 2 heterocycles. The lowest BCUT2D eigenvalue weighted by atomic mass is 9.41. The Morgan fingerprint density at radius 2 is 2.10 bits per heavy atom. The fourth-order valence-corrected chi connectivity index (χ4v) is 4.53. The number of amides is 1. The second-order valence-corrected chi connectivity index (χ2v) is 8.43. The van der Waals surface area contributed by atoms with Gasteiger partial charge in [-0.3, -0.25) is 4.79 Å². The molecule has 1 aromatic carbocycles. The molecule has 2 aliphatic heterocycles. The van der Waals surface area contributed by atoms with Gasteiger partial charge in [-0.2, -0.15) is 0 Å². The number of nitrogens with one attached hydrogen (secondary N) is 2. The van der Waals surface area contributed by atoms with E-state index in [0.29, 0.717) is 23.5 Å². The highest BCUT2D eigenvalue weighted by Crippen LogP contribution is 2.61. The molecule has 152 valence electrons. The maximum atomic E-state index is 12.9. The predicted molar refractivity (Wildman–Crippen MR) is 110 cm³/mol. The molecule has 2 unspecified atom stereocenters. The van der Waals surface area contributed by atoms with Crippen LogP contribution in [0.15, 0.2) is 18.2 Å². The number of carbonyl (C=O) groups is 2. The Morgan fingerprint density at radius 1 is 1.34 bits per heavy atom. The number of ether oxygens (including phenoxy) is 2. The zero-order valence-electron chi connectivity index (χ0n) is 16.7. The maximum Gasteiger partial charge on any atom is 0.337 e. The number of nitrogens with zero attached hydrogens (tertiary/aromatic N) is 1. The average molecular weight is 395 g/mol. The number of anilines is 2. The number of benzene rings is 1. The predicted octanol–water partition coefficient (Wildman–Crippen LogP) is 2.97. The Kier molecular flexibility index (Phi) is 5.51. The number of carbonyl (C=O) groups excluding carboxylic acids is 2. The summed E-state index contributed by atoms with van der Waals surface area (Å²) >= 11 is 0. The summed E-state index contributed by atoms with van der Waals surface area (Å²) in [6, 6.07) is 5.11. The van der Waals surface area contributed by atoms with Crippen LogP contribution in [0.25, 0.3) is 0 Å². The van der Waals surface area contributed by atoms with E-state index in [0.717, 1.165) is 44.9 Å². The fourth-order valence-electron chi connectivity index (χ4n) is 4.53. The smallest absolute Gasteiger partial charge is 0.337 e.